The Labute approximate surface area is 183 Å². The lowest BCUT2D eigenvalue weighted by atomic mass is 10.2. The number of ether oxygens (including phenoxy) is 3. The zero-order chi connectivity index (χ0) is 22.3. The van der Waals surface area contributed by atoms with Crippen LogP contribution in [0.1, 0.15) is 27.6 Å². The van der Waals surface area contributed by atoms with Crippen LogP contribution in [0.3, 0.4) is 0 Å². The molecule has 2 aromatic rings. The third-order valence-corrected chi connectivity index (χ3v) is 4.50. The maximum Gasteiger partial charge on any atom is 0.338 e. The van der Waals surface area contributed by atoms with Crippen LogP contribution in [0.2, 0.25) is 0 Å². The molecule has 0 fully saturated rings. The fraction of sp³-hybridized carbons (Fsp3) is 0.286. The summed E-state index contributed by atoms with van der Waals surface area (Å²) < 4.78 is 16.3. The number of nitrogens with one attached hydrogen (secondary N) is 1. The van der Waals surface area contributed by atoms with Gasteiger partial charge in [-0.2, -0.15) is 0 Å². The van der Waals surface area contributed by atoms with Gasteiger partial charge in [0.1, 0.15) is 0 Å². The van der Waals surface area contributed by atoms with Crippen LogP contribution < -0.4 is 14.8 Å². The highest BCUT2D eigenvalue weighted by Crippen LogP contribution is 2.36. The van der Waals surface area contributed by atoms with Gasteiger partial charge in [-0.15, -0.1) is 0 Å². The minimum absolute atomic E-state index is 0.140. The maximum absolute atomic E-state index is 12.3. The Morgan fingerprint density at radius 2 is 1.73 bits per heavy atom. The Balaban J connectivity index is 1.97. The minimum atomic E-state index is -0.681. The number of esters is 1. The number of nitrogens with zero attached hydrogens (tertiary/aromatic N) is 1. The summed E-state index contributed by atoms with van der Waals surface area (Å²) in [5.74, 6) is -0.481. The number of carbonyl (C=O) groups is 3. The first kappa shape index (κ1) is 23.2. The van der Waals surface area contributed by atoms with E-state index in [1.54, 1.807) is 38.4 Å². The van der Waals surface area contributed by atoms with Crippen LogP contribution in [0.25, 0.3) is 0 Å². The second-order valence-corrected chi connectivity index (χ2v) is 7.18. The summed E-state index contributed by atoms with van der Waals surface area (Å²) in [5.41, 5.74) is 1.19. The number of amides is 2. The topological polar surface area (TPSA) is 94.2 Å². The molecule has 2 amide bonds. The van der Waals surface area contributed by atoms with Crippen molar-refractivity contribution >= 4 is 39.4 Å². The summed E-state index contributed by atoms with van der Waals surface area (Å²) in [6.07, 6.45) is 0. The number of halogens is 1. The van der Waals surface area contributed by atoms with Gasteiger partial charge in [0.05, 0.1) is 23.8 Å². The molecule has 0 heterocycles. The molecular weight excluding hydrogens is 456 g/mol. The monoisotopic (exact) mass is 478 g/mol. The third-order valence-electron chi connectivity index (χ3n) is 3.91. The van der Waals surface area contributed by atoms with E-state index in [0.29, 0.717) is 33.8 Å². The first-order valence-corrected chi connectivity index (χ1v) is 9.85. The van der Waals surface area contributed by atoms with Gasteiger partial charge in [-0.1, -0.05) is 0 Å². The van der Waals surface area contributed by atoms with E-state index in [4.69, 9.17) is 14.2 Å². The lowest BCUT2D eigenvalue weighted by Crippen LogP contribution is -2.22. The van der Waals surface area contributed by atoms with Crippen LogP contribution in [0.4, 0.5) is 5.69 Å². The Hall–Kier alpha value is -3.07. The highest BCUT2D eigenvalue weighted by molar-refractivity contribution is 9.10. The molecule has 8 nitrogen and oxygen atoms in total. The quantitative estimate of drug-likeness (QED) is 0.584. The van der Waals surface area contributed by atoms with Crippen molar-refractivity contribution in [1.82, 2.24) is 4.90 Å². The van der Waals surface area contributed by atoms with Crippen molar-refractivity contribution in [1.29, 1.82) is 0 Å². The number of methoxy groups -OCH3 is 1. The second kappa shape index (κ2) is 10.6. The van der Waals surface area contributed by atoms with Gasteiger partial charge in [0.2, 0.25) is 0 Å². The standard InChI is InChI=1S/C21H23BrN2O6/c1-5-29-19-16(22)10-14(11-17(19)28-4)21(27)30-12-18(25)23-15-8-6-13(7-9-15)20(26)24(2)3/h6-11H,5,12H2,1-4H3,(H,23,25). The second-order valence-electron chi connectivity index (χ2n) is 6.32. The zero-order valence-corrected chi connectivity index (χ0v) is 18.7. The molecule has 0 atom stereocenters. The molecule has 0 saturated carbocycles. The molecule has 9 heteroatoms. The molecule has 0 aliphatic heterocycles. The first-order valence-electron chi connectivity index (χ1n) is 9.05. The van der Waals surface area contributed by atoms with E-state index >= 15 is 0 Å². The molecule has 0 aliphatic carbocycles. The molecule has 1 N–H and O–H groups in total. The number of benzene rings is 2. The molecule has 0 aromatic heterocycles. The van der Waals surface area contributed by atoms with Gasteiger partial charge in [-0.05, 0) is 59.3 Å². The maximum atomic E-state index is 12.3. The Kier molecular flexibility index (Phi) is 8.23. The normalized spacial score (nSPS) is 10.2. The molecule has 0 unspecified atom stereocenters. The van der Waals surface area contributed by atoms with Gasteiger partial charge in [-0.25, -0.2) is 4.79 Å². The molecule has 2 aromatic carbocycles. The Bertz CT molecular complexity index is 928. The molecule has 0 saturated heterocycles. The average molecular weight is 479 g/mol. The van der Waals surface area contributed by atoms with E-state index in [1.165, 1.54) is 24.1 Å². The average Bonchev–Trinajstić information content (AvgIpc) is 2.73. The highest BCUT2D eigenvalue weighted by atomic mass is 79.9. The number of carbonyl (C=O) groups excluding carboxylic acids is 3. The lowest BCUT2D eigenvalue weighted by molar-refractivity contribution is -0.119. The lowest BCUT2D eigenvalue weighted by Gasteiger charge is -2.13. The number of rotatable bonds is 8. The van der Waals surface area contributed by atoms with Crippen LogP contribution in [0.5, 0.6) is 11.5 Å². The Morgan fingerprint density at radius 3 is 2.30 bits per heavy atom. The molecule has 2 rings (SSSR count). The van der Waals surface area contributed by atoms with Gasteiger partial charge in [0, 0.05) is 25.3 Å². The van der Waals surface area contributed by atoms with Crippen molar-refractivity contribution in [3.05, 3.63) is 52.0 Å². The molecule has 0 spiro atoms. The molecular formula is C21H23BrN2O6. The van der Waals surface area contributed by atoms with Gasteiger partial charge in [0.25, 0.3) is 11.8 Å². The first-order chi connectivity index (χ1) is 14.3. The van der Waals surface area contributed by atoms with E-state index in [2.05, 4.69) is 21.2 Å². The van der Waals surface area contributed by atoms with E-state index < -0.39 is 18.5 Å². The van der Waals surface area contributed by atoms with E-state index in [0.717, 1.165) is 0 Å². The van der Waals surface area contributed by atoms with Crippen molar-refractivity contribution in [2.75, 3.05) is 39.7 Å². The van der Waals surface area contributed by atoms with Gasteiger partial charge < -0.3 is 24.4 Å². The minimum Gasteiger partial charge on any atom is -0.493 e. The smallest absolute Gasteiger partial charge is 0.338 e. The number of hydrogen-bond acceptors (Lipinski definition) is 6. The predicted molar refractivity (Wildman–Crippen MR) is 115 cm³/mol. The molecule has 160 valence electrons. The SMILES string of the molecule is CCOc1c(Br)cc(C(=O)OCC(=O)Nc2ccc(C(=O)N(C)C)cc2)cc1OC. The third kappa shape index (κ3) is 5.96. The summed E-state index contributed by atoms with van der Waals surface area (Å²) in [6.45, 7) is 1.80. The fourth-order valence-electron chi connectivity index (χ4n) is 2.49. The van der Waals surface area contributed by atoms with Crippen molar-refractivity contribution in [2.45, 2.75) is 6.92 Å². The van der Waals surface area contributed by atoms with Crippen LogP contribution in [-0.2, 0) is 9.53 Å². The highest BCUT2D eigenvalue weighted by Gasteiger charge is 2.17. The van der Waals surface area contributed by atoms with Gasteiger partial charge in [-0.3, -0.25) is 9.59 Å². The van der Waals surface area contributed by atoms with E-state index in [9.17, 15) is 14.4 Å². The van der Waals surface area contributed by atoms with Crippen LogP contribution in [-0.4, -0.2) is 57.1 Å². The molecule has 0 radical (unpaired) electrons. The van der Waals surface area contributed by atoms with Gasteiger partial charge in [0.15, 0.2) is 18.1 Å². The van der Waals surface area contributed by atoms with Crippen LogP contribution >= 0.6 is 15.9 Å². The fourth-order valence-corrected chi connectivity index (χ4v) is 3.04. The zero-order valence-electron chi connectivity index (χ0n) is 17.2. The van der Waals surface area contributed by atoms with Crippen LogP contribution in [0.15, 0.2) is 40.9 Å². The van der Waals surface area contributed by atoms with Crippen molar-refractivity contribution in [2.24, 2.45) is 0 Å². The van der Waals surface area contributed by atoms with Crippen molar-refractivity contribution in [3.63, 3.8) is 0 Å². The predicted octanol–water partition coefficient (Wildman–Crippen LogP) is 3.35. The summed E-state index contributed by atoms with van der Waals surface area (Å²) in [5, 5.41) is 2.61. The van der Waals surface area contributed by atoms with Gasteiger partial charge >= 0.3 is 5.97 Å². The van der Waals surface area contributed by atoms with Crippen molar-refractivity contribution < 1.29 is 28.6 Å². The Morgan fingerprint density at radius 1 is 1.07 bits per heavy atom. The molecule has 0 aliphatic rings. The van der Waals surface area contributed by atoms with Crippen LogP contribution in [0, 0.1) is 0 Å². The van der Waals surface area contributed by atoms with E-state index in [-0.39, 0.29) is 11.5 Å². The number of anilines is 1. The summed E-state index contributed by atoms with van der Waals surface area (Å²) >= 11 is 3.34. The molecule has 0 bridgehead atoms. The summed E-state index contributed by atoms with van der Waals surface area (Å²) in [4.78, 5) is 37.7. The van der Waals surface area contributed by atoms with Crippen molar-refractivity contribution in [3.8, 4) is 11.5 Å². The van der Waals surface area contributed by atoms with E-state index in [1.807, 2.05) is 6.92 Å². The summed E-state index contributed by atoms with van der Waals surface area (Å²) in [7, 11) is 4.78. The molecule has 30 heavy (non-hydrogen) atoms. The largest absolute Gasteiger partial charge is 0.493 e. The summed E-state index contributed by atoms with van der Waals surface area (Å²) in [6, 6.07) is 9.43. The number of hydrogen-bond donors (Lipinski definition) is 1.